The van der Waals surface area contributed by atoms with Gasteiger partial charge in [0.1, 0.15) is 22.6 Å². The van der Waals surface area contributed by atoms with E-state index >= 15 is 0 Å². The van der Waals surface area contributed by atoms with Crippen LogP contribution in [-0.4, -0.2) is 46.8 Å². The maximum Gasteiger partial charge on any atom is 0.257 e. The van der Waals surface area contributed by atoms with E-state index in [1.165, 1.54) is 0 Å². The third kappa shape index (κ3) is 3.62. The Balaban J connectivity index is 1.61. The number of hydrogen-bond donors (Lipinski definition) is 2. The van der Waals surface area contributed by atoms with Crippen molar-refractivity contribution in [1.29, 1.82) is 0 Å². The third-order valence-electron chi connectivity index (χ3n) is 5.85. The molecule has 2 aromatic heterocycles. The Morgan fingerprint density at radius 1 is 1.19 bits per heavy atom. The molecule has 0 aliphatic carbocycles. The molecule has 1 aliphatic heterocycles. The van der Waals surface area contributed by atoms with Crippen molar-refractivity contribution in [2.45, 2.75) is 25.5 Å². The van der Waals surface area contributed by atoms with E-state index in [9.17, 15) is 4.79 Å². The number of rotatable bonds is 6. The van der Waals surface area contributed by atoms with Gasteiger partial charge in [0.05, 0.1) is 30.8 Å². The molecule has 5 rings (SSSR count). The van der Waals surface area contributed by atoms with Crippen molar-refractivity contribution in [1.82, 2.24) is 19.9 Å². The van der Waals surface area contributed by atoms with Gasteiger partial charge >= 0.3 is 0 Å². The number of aromatic nitrogens is 3. The van der Waals surface area contributed by atoms with E-state index in [1.54, 1.807) is 7.11 Å². The number of nitrogen functional groups attached to an aromatic ring is 1. The highest BCUT2D eigenvalue weighted by Crippen LogP contribution is 2.30. The van der Waals surface area contributed by atoms with Crippen LogP contribution < -0.4 is 15.8 Å². The van der Waals surface area contributed by atoms with E-state index in [4.69, 9.17) is 25.2 Å². The van der Waals surface area contributed by atoms with E-state index in [-0.39, 0.29) is 12.0 Å². The minimum Gasteiger partial charge on any atom is -0.496 e. The van der Waals surface area contributed by atoms with Gasteiger partial charge in [-0.25, -0.2) is 9.97 Å². The van der Waals surface area contributed by atoms with Crippen LogP contribution in [0.25, 0.3) is 22.2 Å². The molecule has 4 aromatic rings. The second kappa shape index (κ2) is 8.47. The summed E-state index contributed by atoms with van der Waals surface area (Å²) in [5.41, 5.74) is 10.3. The van der Waals surface area contributed by atoms with Crippen molar-refractivity contribution in [3.05, 3.63) is 59.7 Å². The zero-order valence-corrected chi connectivity index (χ0v) is 17.9. The highest BCUT2D eigenvalue weighted by Gasteiger charge is 2.25. The van der Waals surface area contributed by atoms with Gasteiger partial charge in [0.15, 0.2) is 5.65 Å². The van der Waals surface area contributed by atoms with E-state index in [2.05, 4.69) is 5.32 Å². The van der Waals surface area contributed by atoms with Gasteiger partial charge in [0, 0.05) is 18.7 Å². The summed E-state index contributed by atoms with van der Waals surface area (Å²) in [5, 5.41) is 2.97. The van der Waals surface area contributed by atoms with Crippen molar-refractivity contribution in [3.8, 4) is 5.75 Å². The van der Waals surface area contributed by atoms with Gasteiger partial charge in [-0.2, -0.15) is 0 Å². The second-order valence-electron chi connectivity index (χ2n) is 7.89. The average Bonchev–Trinajstić information content (AvgIpc) is 3.43. The van der Waals surface area contributed by atoms with Crippen LogP contribution in [0.3, 0.4) is 0 Å². The Morgan fingerprint density at radius 3 is 2.69 bits per heavy atom. The Morgan fingerprint density at radius 2 is 1.94 bits per heavy atom. The van der Waals surface area contributed by atoms with Gasteiger partial charge in [-0.3, -0.25) is 4.79 Å². The fourth-order valence-corrected chi connectivity index (χ4v) is 4.21. The van der Waals surface area contributed by atoms with Crippen molar-refractivity contribution >= 4 is 33.9 Å². The van der Waals surface area contributed by atoms with Gasteiger partial charge in [0.2, 0.25) is 0 Å². The molecule has 3 heterocycles. The summed E-state index contributed by atoms with van der Waals surface area (Å²) < 4.78 is 13.0. The maximum atomic E-state index is 13.2. The molecule has 1 fully saturated rings. The van der Waals surface area contributed by atoms with Crippen molar-refractivity contribution in [2.24, 2.45) is 0 Å². The van der Waals surface area contributed by atoms with Crippen LogP contribution >= 0.6 is 0 Å². The van der Waals surface area contributed by atoms with Crippen molar-refractivity contribution < 1.29 is 14.3 Å². The summed E-state index contributed by atoms with van der Waals surface area (Å²) in [4.78, 5) is 22.8. The van der Waals surface area contributed by atoms with Gasteiger partial charge in [0.25, 0.3) is 5.91 Å². The van der Waals surface area contributed by atoms with E-state index < -0.39 is 0 Å². The number of methoxy groups -OCH3 is 1. The number of fused-ring (bicyclic) bond motifs is 2. The Labute approximate surface area is 185 Å². The largest absolute Gasteiger partial charge is 0.496 e. The van der Waals surface area contributed by atoms with Crippen LogP contribution in [0, 0.1) is 0 Å². The molecule has 1 atom stereocenters. The molecule has 0 saturated carbocycles. The highest BCUT2D eigenvalue weighted by atomic mass is 16.5. The van der Waals surface area contributed by atoms with Crippen molar-refractivity contribution in [3.63, 3.8) is 0 Å². The van der Waals surface area contributed by atoms with E-state index in [0.717, 1.165) is 36.3 Å². The number of carbonyl (C=O) groups excluding carboxylic acids is 1. The van der Waals surface area contributed by atoms with Gasteiger partial charge in [-0.05, 0) is 31.0 Å². The number of nitrogens with two attached hydrogens (primary N) is 1. The predicted molar refractivity (Wildman–Crippen MR) is 123 cm³/mol. The lowest BCUT2D eigenvalue weighted by molar-refractivity contribution is 0.0859. The molecule has 164 valence electrons. The monoisotopic (exact) mass is 431 g/mol. The number of amides is 1. The molecule has 1 amide bonds. The molecular formula is C24H25N5O3. The van der Waals surface area contributed by atoms with Crippen molar-refractivity contribution in [2.75, 3.05) is 26.0 Å². The van der Waals surface area contributed by atoms with Crippen LogP contribution in [0.2, 0.25) is 0 Å². The molecule has 1 saturated heterocycles. The first kappa shape index (κ1) is 20.3. The van der Waals surface area contributed by atoms with Crippen LogP contribution in [0.5, 0.6) is 5.75 Å². The molecule has 0 unspecified atom stereocenters. The quantitative estimate of drug-likeness (QED) is 0.486. The average molecular weight is 431 g/mol. The smallest absolute Gasteiger partial charge is 0.257 e. The highest BCUT2D eigenvalue weighted by molar-refractivity contribution is 6.10. The zero-order valence-electron chi connectivity index (χ0n) is 17.9. The SMILES string of the molecule is COc1ccccc1Cn1c(N)c(C(=O)NC[C@@H]2CCCO2)c2nc3ccccc3nc21. The lowest BCUT2D eigenvalue weighted by Gasteiger charge is -2.12. The van der Waals surface area contributed by atoms with Crippen LogP contribution in [0.4, 0.5) is 5.82 Å². The summed E-state index contributed by atoms with van der Waals surface area (Å²) in [7, 11) is 1.63. The number of nitrogens with zero attached hydrogens (tertiary/aromatic N) is 3. The van der Waals surface area contributed by atoms with Gasteiger partial charge < -0.3 is 25.1 Å². The number of carbonyl (C=O) groups is 1. The van der Waals surface area contributed by atoms with E-state index in [1.807, 2.05) is 53.1 Å². The summed E-state index contributed by atoms with van der Waals surface area (Å²) in [6, 6.07) is 15.3. The number of para-hydroxylation sites is 3. The molecule has 2 aromatic carbocycles. The summed E-state index contributed by atoms with van der Waals surface area (Å²) in [6.45, 7) is 1.58. The first-order chi connectivity index (χ1) is 15.7. The normalized spacial score (nSPS) is 16.0. The zero-order chi connectivity index (χ0) is 22.1. The Kier molecular flexibility index (Phi) is 5.36. The Hall–Kier alpha value is -3.65. The maximum absolute atomic E-state index is 13.2. The fourth-order valence-electron chi connectivity index (χ4n) is 4.21. The molecule has 0 radical (unpaired) electrons. The Bertz CT molecular complexity index is 1290. The first-order valence-electron chi connectivity index (χ1n) is 10.7. The summed E-state index contributed by atoms with van der Waals surface area (Å²) in [5.74, 6) is 0.796. The van der Waals surface area contributed by atoms with Crippen LogP contribution in [-0.2, 0) is 11.3 Å². The fraction of sp³-hybridized carbons (Fsp3) is 0.292. The van der Waals surface area contributed by atoms with E-state index in [0.29, 0.717) is 41.2 Å². The standard InChI is InChI=1S/C24H25N5O3/c1-31-19-11-5-2-7-15(19)14-29-22(25)20(24(30)26-13-16-8-6-12-32-16)21-23(29)28-18-10-4-3-9-17(18)27-21/h2-5,7,9-11,16H,6,8,12-14,25H2,1H3,(H,26,30)/t16-/m0/s1. The molecule has 1 aliphatic rings. The molecule has 8 nitrogen and oxygen atoms in total. The number of benzene rings is 2. The minimum absolute atomic E-state index is 0.0361. The molecule has 32 heavy (non-hydrogen) atoms. The van der Waals surface area contributed by atoms with Gasteiger partial charge in [-0.1, -0.05) is 30.3 Å². The number of nitrogens with one attached hydrogen (secondary N) is 1. The topological polar surface area (TPSA) is 104 Å². The molecule has 0 spiro atoms. The number of hydrogen-bond acceptors (Lipinski definition) is 6. The molecule has 3 N–H and O–H groups in total. The predicted octanol–water partition coefficient (Wildman–Crippen LogP) is 3.13. The number of anilines is 1. The molecule has 0 bridgehead atoms. The summed E-state index contributed by atoms with van der Waals surface area (Å²) >= 11 is 0. The molecular weight excluding hydrogens is 406 g/mol. The lowest BCUT2D eigenvalue weighted by atomic mass is 10.2. The first-order valence-corrected chi connectivity index (χ1v) is 10.7. The number of ether oxygens (including phenoxy) is 2. The van der Waals surface area contributed by atoms with Gasteiger partial charge in [-0.15, -0.1) is 0 Å². The third-order valence-corrected chi connectivity index (χ3v) is 5.85. The summed E-state index contributed by atoms with van der Waals surface area (Å²) in [6.07, 6.45) is 1.99. The molecule has 8 heteroatoms. The second-order valence-corrected chi connectivity index (χ2v) is 7.89. The van der Waals surface area contributed by atoms with Crippen LogP contribution in [0.15, 0.2) is 48.5 Å². The lowest BCUT2D eigenvalue weighted by Crippen LogP contribution is -2.32. The van der Waals surface area contributed by atoms with Crippen LogP contribution in [0.1, 0.15) is 28.8 Å². The minimum atomic E-state index is -0.272.